The Bertz CT molecular complexity index is 1040. The third-order valence-corrected chi connectivity index (χ3v) is 4.10. The molecule has 0 aliphatic carbocycles. The normalized spacial score (nSPS) is 10.3. The molecule has 0 fully saturated rings. The van der Waals surface area contributed by atoms with E-state index >= 15 is 0 Å². The highest BCUT2D eigenvalue weighted by atomic mass is 35.5. The smallest absolute Gasteiger partial charge is 0.248 e. The minimum Gasteiger partial charge on any atom is -0.504 e. The fourth-order valence-electron chi connectivity index (χ4n) is 2.64. The van der Waals surface area contributed by atoms with Crippen molar-refractivity contribution in [3.63, 3.8) is 0 Å². The number of para-hydroxylation sites is 1. The van der Waals surface area contributed by atoms with Crippen molar-refractivity contribution in [2.24, 2.45) is 0 Å². The molecule has 0 aliphatic rings. The second-order valence-corrected chi connectivity index (χ2v) is 6.16. The van der Waals surface area contributed by atoms with Crippen LogP contribution in [0.5, 0.6) is 17.2 Å². The lowest BCUT2D eigenvalue weighted by molar-refractivity contribution is -0.111. The number of carbonyl (C=O) groups excluding carboxylic acids is 1. The maximum Gasteiger partial charge on any atom is 0.248 e. The SMILES string of the molecule is COc1ccc(C=CC(=O)Nc2ccccc2COc2cccc(F)c2)cc1O.Cl. The largest absolute Gasteiger partial charge is 0.504 e. The molecule has 5 nitrogen and oxygen atoms in total. The van der Waals surface area contributed by atoms with Gasteiger partial charge in [-0.2, -0.15) is 0 Å². The molecule has 0 aromatic heterocycles. The average Bonchev–Trinajstić information content (AvgIpc) is 2.72. The molecule has 1 amide bonds. The quantitative estimate of drug-likeness (QED) is 0.507. The summed E-state index contributed by atoms with van der Waals surface area (Å²) in [6.07, 6.45) is 2.95. The molecule has 0 saturated heterocycles. The zero-order valence-electron chi connectivity index (χ0n) is 16.2. The van der Waals surface area contributed by atoms with Gasteiger partial charge in [0, 0.05) is 23.4 Å². The molecule has 0 saturated carbocycles. The second-order valence-electron chi connectivity index (χ2n) is 6.16. The molecular weight excluding hydrogens is 409 g/mol. The highest BCUT2D eigenvalue weighted by Crippen LogP contribution is 2.26. The minimum atomic E-state index is -0.376. The predicted octanol–water partition coefficient (Wildman–Crippen LogP) is 5.19. The molecule has 0 unspecified atom stereocenters. The summed E-state index contributed by atoms with van der Waals surface area (Å²) in [6.45, 7) is 0.177. The van der Waals surface area contributed by atoms with Gasteiger partial charge in [-0.1, -0.05) is 30.3 Å². The number of nitrogens with one attached hydrogen (secondary N) is 1. The Balaban J connectivity index is 0.00000320. The molecule has 7 heteroatoms. The Morgan fingerprint density at radius 1 is 1.10 bits per heavy atom. The molecule has 2 N–H and O–H groups in total. The summed E-state index contributed by atoms with van der Waals surface area (Å²) in [7, 11) is 1.47. The van der Waals surface area contributed by atoms with E-state index in [9.17, 15) is 14.3 Å². The lowest BCUT2D eigenvalue weighted by Crippen LogP contribution is -2.10. The van der Waals surface area contributed by atoms with E-state index in [2.05, 4.69) is 5.32 Å². The van der Waals surface area contributed by atoms with Crippen LogP contribution in [0.2, 0.25) is 0 Å². The van der Waals surface area contributed by atoms with Crippen LogP contribution in [-0.4, -0.2) is 18.1 Å². The van der Waals surface area contributed by atoms with Crippen molar-refractivity contribution < 1.29 is 23.8 Å². The predicted molar refractivity (Wildman–Crippen MR) is 117 cm³/mol. The van der Waals surface area contributed by atoms with Crippen molar-refractivity contribution in [3.8, 4) is 17.2 Å². The average molecular weight is 430 g/mol. The summed E-state index contributed by atoms with van der Waals surface area (Å²) in [5.74, 6) is 0.0522. The molecule has 30 heavy (non-hydrogen) atoms. The zero-order valence-corrected chi connectivity index (χ0v) is 17.0. The fourth-order valence-corrected chi connectivity index (χ4v) is 2.64. The summed E-state index contributed by atoms with van der Waals surface area (Å²) in [5.41, 5.74) is 2.00. The summed E-state index contributed by atoms with van der Waals surface area (Å²) in [5, 5.41) is 12.6. The number of anilines is 1. The third kappa shape index (κ3) is 6.25. The van der Waals surface area contributed by atoms with E-state index in [1.807, 2.05) is 12.1 Å². The van der Waals surface area contributed by atoms with Crippen LogP contribution in [0.4, 0.5) is 10.1 Å². The number of rotatable bonds is 7. The van der Waals surface area contributed by atoms with E-state index in [4.69, 9.17) is 9.47 Å². The van der Waals surface area contributed by atoms with E-state index in [1.165, 1.54) is 31.4 Å². The first-order chi connectivity index (χ1) is 14.0. The van der Waals surface area contributed by atoms with Crippen LogP contribution in [0.25, 0.3) is 6.08 Å². The Labute approximate surface area is 180 Å². The highest BCUT2D eigenvalue weighted by Gasteiger charge is 2.06. The number of methoxy groups -OCH3 is 1. The summed E-state index contributed by atoms with van der Waals surface area (Å²) >= 11 is 0. The molecule has 0 bridgehead atoms. The van der Waals surface area contributed by atoms with Crippen LogP contribution in [0.3, 0.4) is 0 Å². The van der Waals surface area contributed by atoms with Crippen LogP contribution in [0, 0.1) is 5.82 Å². The van der Waals surface area contributed by atoms with E-state index < -0.39 is 0 Å². The topological polar surface area (TPSA) is 67.8 Å². The number of hydrogen-bond donors (Lipinski definition) is 2. The van der Waals surface area contributed by atoms with Crippen LogP contribution < -0.4 is 14.8 Å². The molecule has 3 rings (SSSR count). The van der Waals surface area contributed by atoms with Crippen molar-refractivity contribution in [1.82, 2.24) is 0 Å². The highest BCUT2D eigenvalue weighted by molar-refractivity contribution is 6.02. The van der Waals surface area contributed by atoms with E-state index in [-0.39, 0.29) is 36.5 Å². The maximum absolute atomic E-state index is 13.3. The van der Waals surface area contributed by atoms with Gasteiger partial charge in [0.25, 0.3) is 0 Å². The van der Waals surface area contributed by atoms with E-state index in [0.717, 1.165) is 5.56 Å². The number of ether oxygens (including phenoxy) is 2. The second kappa shape index (κ2) is 10.9. The van der Waals surface area contributed by atoms with Crippen LogP contribution in [-0.2, 0) is 11.4 Å². The van der Waals surface area contributed by atoms with Gasteiger partial charge in [-0.15, -0.1) is 12.4 Å². The third-order valence-electron chi connectivity index (χ3n) is 4.10. The van der Waals surface area contributed by atoms with E-state index in [1.54, 1.807) is 42.5 Å². The first-order valence-corrected chi connectivity index (χ1v) is 8.87. The zero-order chi connectivity index (χ0) is 20.6. The number of phenols is 1. The standard InChI is InChI=1S/C23H20FNO4.ClH/c1-28-22-11-9-16(13-21(22)26)10-12-23(27)25-20-8-3-2-5-17(20)15-29-19-7-4-6-18(24)14-19;/h2-14,26H,15H2,1H3,(H,25,27);1H. The molecule has 0 atom stereocenters. The number of hydrogen-bond acceptors (Lipinski definition) is 4. The molecule has 3 aromatic carbocycles. The van der Waals surface area contributed by atoms with E-state index in [0.29, 0.717) is 22.7 Å². The molecule has 3 aromatic rings. The van der Waals surface area contributed by atoms with Crippen LogP contribution in [0.1, 0.15) is 11.1 Å². The lowest BCUT2D eigenvalue weighted by atomic mass is 10.1. The summed E-state index contributed by atoms with van der Waals surface area (Å²) in [6, 6.07) is 17.9. The van der Waals surface area contributed by atoms with Gasteiger partial charge in [0.1, 0.15) is 18.2 Å². The van der Waals surface area contributed by atoms with Gasteiger partial charge in [0.15, 0.2) is 11.5 Å². The molecule has 156 valence electrons. The Kier molecular flexibility index (Phi) is 8.26. The molecule has 0 aliphatic heterocycles. The van der Waals surface area contributed by atoms with Gasteiger partial charge < -0.3 is 19.9 Å². The van der Waals surface area contributed by atoms with Gasteiger partial charge in [0.2, 0.25) is 5.91 Å². The number of carbonyl (C=O) groups is 1. The van der Waals surface area contributed by atoms with Gasteiger partial charge >= 0.3 is 0 Å². The number of halogens is 2. The number of benzene rings is 3. The lowest BCUT2D eigenvalue weighted by Gasteiger charge is -2.11. The Morgan fingerprint density at radius 3 is 2.63 bits per heavy atom. The molecular formula is C23H21ClFNO4. The minimum absolute atomic E-state index is 0. The Morgan fingerprint density at radius 2 is 1.90 bits per heavy atom. The maximum atomic E-state index is 13.3. The molecule has 0 heterocycles. The van der Waals surface area contributed by atoms with Crippen molar-refractivity contribution in [2.45, 2.75) is 6.61 Å². The van der Waals surface area contributed by atoms with Crippen molar-refractivity contribution in [3.05, 3.63) is 89.8 Å². The molecule has 0 radical (unpaired) electrons. The monoisotopic (exact) mass is 429 g/mol. The van der Waals surface area contributed by atoms with Crippen molar-refractivity contribution in [2.75, 3.05) is 12.4 Å². The van der Waals surface area contributed by atoms with Gasteiger partial charge in [-0.05, 0) is 42.0 Å². The fraction of sp³-hybridized carbons (Fsp3) is 0.0870. The number of aromatic hydroxyl groups is 1. The van der Waals surface area contributed by atoms with Crippen LogP contribution >= 0.6 is 12.4 Å². The number of amides is 1. The van der Waals surface area contributed by atoms with Gasteiger partial charge in [-0.25, -0.2) is 4.39 Å². The van der Waals surface area contributed by atoms with Crippen molar-refractivity contribution >= 4 is 30.1 Å². The summed E-state index contributed by atoms with van der Waals surface area (Å²) in [4.78, 5) is 12.3. The first kappa shape index (κ1) is 22.8. The van der Waals surface area contributed by atoms with Crippen molar-refractivity contribution in [1.29, 1.82) is 0 Å². The van der Waals surface area contributed by atoms with Gasteiger partial charge in [-0.3, -0.25) is 4.79 Å². The molecule has 0 spiro atoms. The number of phenolic OH excluding ortho intramolecular Hbond substituents is 1. The Hall–Kier alpha value is -3.51. The first-order valence-electron chi connectivity index (χ1n) is 8.87. The van der Waals surface area contributed by atoms with Gasteiger partial charge in [0.05, 0.1) is 7.11 Å². The summed E-state index contributed by atoms with van der Waals surface area (Å²) < 4.78 is 23.9. The van der Waals surface area contributed by atoms with Crippen LogP contribution in [0.15, 0.2) is 72.8 Å².